The molecule has 1 aliphatic carbocycles. The number of phenols is 1. The molecule has 1 heterocycles. The highest BCUT2D eigenvalue weighted by atomic mass is 32.1. The maximum atomic E-state index is 9.54. The van der Waals surface area contributed by atoms with Crippen molar-refractivity contribution in [3.05, 3.63) is 51.7 Å². The standard InChI is InChI=1S/C15H17NOS/c17-13-4-5-14-12(8-13)2-1-3-15(14)16-9-11-6-7-18-10-11/h4-8,10,15-17H,1-3,9H2. The monoisotopic (exact) mass is 259 g/mol. The Morgan fingerprint density at radius 1 is 1.33 bits per heavy atom. The Morgan fingerprint density at radius 2 is 2.28 bits per heavy atom. The summed E-state index contributed by atoms with van der Waals surface area (Å²) in [4.78, 5) is 0. The third-order valence-electron chi connectivity index (χ3n) is 3.57. The molecule has 2 N–H and O–H groups in total. The molecule has 0 amide bonds. The second-order valence-corrected chi connectivity index (χ2v) is 5.62. The zero-order valence-electron chi connectivity index (χ0n) is 10.2. The second kappa shape index (κ2) is 5.12. The lowest BCUT2D eigenvalue weighted by Crippen LogP contribution is -2.24. The summed E-state index contributed by atoms with van der Waals surface area (Å²) in [5.74, 6) is 0.382. The van der Waals surface area contributed by atoms with E-state index in [1.165, 1.54) is 29.5 Å². The van der Waals surface area contributed by atoms with Gasteiger partial charge in [0, 0.05) is 12.6 Å². The van der Waals surface area contributed by atoms with Gasteiger partial charge in [0.1, 0.15) is 5.75 Å². The maximum absolute atomic E-state index is 9.54. The number of aryl methyl sites for hydroxylation is 1. The van der Waals surface area contributed by atoms with Gasteiger partial charge in [-0.2, -0.15) is 11.3 Å². The molecule has 1 atom stereocenters. The lowest BCUT2D eigenvalue weighted by molar-refractivity contribution is 0.449. The molecule has 1 aromatic carbocycles. The van der Waals surface area contributed by atoms with Crippen LogP contribution in [-0.4, -0.2) is 5.11 Å². The van der Waals surface area contributed by atoms with E-state index in [0.29, 0.717) is 11.8 Å². The van der Waals surface area contributed by atoms with Crippen LogP contribution in [0.25, 0.3) is 0 Å². The van der Waals surface area contributed by atoms with E-state index in [-0.39, 0.29) is 0 Å². The molecular formula is C15H17NOS. The van der Waals surface area contributed by atoms with Gasteiger partial charge < -0.3 is 10.4 Å². The summed E-state index contributed by atoms with van der Waals surface area (Å²) in [6.45, 7) is 0.925. The number of fused-ring (bicyclic) bond motifs is 1. The first-order valence-electron chi connectivity index (χ1n) is 6.39. The molecule has 0 bridgehead atoms. The van der Waals surface area contributed by atoms with Crippen molar-refractivity contribution >= 4 is 11.3 Å². The summed E-state index contributed by atoms with van der Waals surface area (Å²) < 4.78 is 0. The van der Waals surface area contributed by atoms with Gasteiger partial charge in [-0.25, -0.2) is 0 Å². The fraction of sp³-hybridized carbons (Fsp3) is 0.333. The van der Waals surface area contributed by atoms with Crippen LogP contribution >= 0.6 is 11.3 Å². The van der Waals surface area contributed by atoms with Gasteiger partial charge in [0.05, 0.1) is 0 Å². The van der Waals surface area contributed by atoms with Crippen LogP contribution in [0.5, 0.6) is 5.75 Å². The maximum Gasteiger partial charge on any atom is 0.115 e. The molecule has 0 aliphatic heterocycles. The van der Waals surface area contributed by atoms with Gasteiger partial charge in [0.15, 0.2) is 0 Å². The zero-order valence-corrected chi connectivity index (χ0v) is 11.0. The summed E-state index contributed by atoms with van der Waals surface area (Å²) >= 11 is 1.74. The third kappa shape index (κ3) is 2.42. The molecule has 0 fully saturated rings. The van der Waals surface area contributed by atoms with Gasteiger partial charge in [-0.15, -0.1) is 0 Å². The van der Waals surface area contributed by atoms with Crippen LogP contribution in [0.15, 0.2) is 35.0 Å². The van der Waals surface area contributed by atoms with E-state index < -0.39 is 0 Å². The normalized spacial score (nSPS) is 18.6. The molecule has 1 aliphatic rings. The molecule has 3 heteroatoms. The van der Waals surface area contributed by atoms with Crippen LogP contribution in [-0.2, 0) is 13.0 Å². The van der Waals surface area contributed by atoms with E-state index in [1.807, 2.05) is 6.07 Å². The van der Waals surface area contributed by atoms with Crippen molar-refractivity contribution < 1.29 is 5.11 Å². The van der Waals surface area contributed by atoms with Crippen LogP contribution in [0, 0.1) is 0 Å². The fourth-order valence-electron chi connectivity index (χ4n) is 2.65. The number of rotatable bonds is 3. The Kier molecular flexibility index (Phi) is 3.35. The Morgan fingerprint density at radius 3 is 3.11 bits per heavy atom. The molecule has 0 spiro atoms. The smallest absolute Gasteiger partial charge is 0.115 e. The number of thiophene rings is 1. The van der Waals surface area contributed by atoms with Gasteiger partial charge in [-0.05, 0) is 64.9 Å². The predicted molar refractivity (Wildman–Crippen MR) is 74.9 cm³/mol. The average Bonchev–Trinajstić information content (AvgIpc) is 2.89. The fourth-order valence-corrected chi connectivity index (χ4v) is 3.32. The van der Waals surface area contributed by atoms with E-state index >= 15 is 0 Å². The first-order valence-corrected chi connectivity index (χ1v) is 7.33. The van der Waals surface area contributed by atoms with Gasteiger partial charge in [-0.1, -0.05) is 6.07 Å². The van der Waals surface area contributed by atoms with E-state index in [4.69, 9.17) is 0 Å². The highest BCUT2D eigenvalue weighted by Crippen LogP contribution is 2.32. The van der Waals surface area contributed by atoms with Crippen molar-refractivity contribution in [1.82, 2.24) is 5.32 Å². The number of benzene rings is 1. The van der Waals surface area contributed by atoms with E-state index in [2.05, 4.69) is 28.2 Å². The third-order valence-corrected chi connectivity index (χ3v) is 4.31. The topological polar surface area (TPSA) is 32.3 Å². The largest absolute Gasteiger partial charge is 0.508 e. The number of nitrogens with one attached hydrogen (secondary N) is 1. The Balaban J connectivity index is 1.75. The van der Waals surface area contributed by atoms with Crippen LogP contribution in [0.3, 0.4) is 0 Å². The van der Waals surface area contributed by atoms with Crippen molar-refractivity contribution in [2.24, 2.45) is 0 Å². The molecule has 0 saturated carbocycles. The summed E-state index contributed by atoms with van der Waals surface area (Å²) in [5, 5.41) is 17.5. The van der Waals surface area contributed by atoms with Crippen molar-refractivity contribution in [2.75, 3.05) is 0 Å². The van der Waals surface area contributed by atoms with E-state index in [1.54, 1.807) is 17.4 Å². The summed E-state index contributed by atoms with van der Waals surface area (Å²) in [7, 11) is 0. The molecule has 3 rings (SSSR count). The number of hydrogen-bond acceptors (Lipinski definition) is 3. The summed E-state index contributed by atoms with van der Waals surface area (Å²) in [5.41, 5.74) is 4.00. The minimum Gasteiger partial charge on any atom is -0.508 e. The highest BCUT2D eigenvalue weighted by Gasteiger charge is 2.19. The molecule has 0 saturated heterocycles. The molecule has 2 aromatic rings. The van der Waals surface area contributed by atoms with Crippen molar-refractivity contribution in [2.45, 2.75) is 31.8 Å². The number of hydrogen-bond donors (Lipinski definition) is 2. The quantitative estimate of drug-likeness (QED) is 0.882. The Hall–Kier alpha value is -1.32. The van der Waals surface area contributed by atoms with Gasteiger partial charge in [0.25, 0.3) is 0 Å². The second-order valence-electron chi connectivity index (χ2n) is 4.84. The van der Waals surface area contributed by atoms with Gasteiger partial charge in [-0.3, -0.25) is 0 Å². The molecule has 2 nitrogen and oxygen atoms in total. The number of phenolic OH excluding ortho intramolecular Hbond substituents is 1. The van der Waals surface area contributed by atoms with Crippen LogP contribution in [0.2, 0.25) is 0 Å². The Bertz CT molecular complexity index is 521. The molecule has 94 valence electrons. The first-order chi connectivity index (χ1) is 8.83. The first kappa shape index (κ1) is 11.8. The average molecular weight is 259 g/mol. The SMILES string of the molecule is Oc1ccc2c(c1)CCCC2NCc1ccsc1. The number of aromatic hydroxyl groups is 1. The van der Waals surface area contributed by atoms with Crippen LogP contribution < -0.4 is 5.32 Å². The van der Waals surface area contributed by atoms with Crippen LogP contribution in [0.4, 0.5) is 0 Å². The molecule has 1 unspecified atom stereocenters. The van der Waals surface area contributed by atoms with E-state index in [9.17, 15) is 5.11 Å². The lowest BCUT2D eigenvalue weighted by atomic mass is 9.87. The highest BCUT2D eigenvalue weighted by molar-refractivity contribution is 7.07. The minimum absolute atomic E-state index is 0.382. The molecule has 0 radical (unpaired) electrons. The molecular weight excluding hydrogens is 242 g/mol. The van der Waals surface area contributed by atoms with E-state index in [0.717, 1.165) is 13.0 Å². The van der Waals surface area contributed by atoms with Crippen molar-refractivity contribution in [1.29, 1.82) is 0 Å². The summed E-state index contributed by atoms with van der Waals surface area (Å²) in [6, 6.07) is 8.36. The molecule has 1 aromatic heterocycles. The van der Waals surface area contributed by atoms with Gasteiger partial charge >= 0.3 is 0 Å². The predicted octanol–water partition coefficient (Wildman–Crippen LogP) is 3.62. The Labute approximate surface area is 111 Å². The lowest BCUT2D eigenvalue weighted by Gasteiger charge is -2.26. The zero-order chi connectivity index (χ0) is 12.4. The van der Waals surface area contributed by atoms with Gasteiger partial charge in [0.2, 0.25) is 0 Å². The minimum atomic E-state index is 0.382. The van der Waals surface area contributed by atoms with Crippen molar-refractivity contribution in [3.63, 3.8) is 0 Å². The van der Waals surface area contributed by atoms with Crippen molar-refractivity contribution in [3.8, 4) is 5.75 Å². The molecule has 18 heavy (non-hydrogen) atoms. The summed E-state index contributed by atoms with van der Waals surface area (Å²) in [6.07, 6.45) is 3.46. The van der Waals surface area contributed by atoms with Crippen LogP contribution in [0.1, 0.15) is 35.6 Å².